The fourth-order valence-corrected chi connectivity index (χ4v) is 1.54. The third-order valence-corrected chi connectivity index (χ3v) is 2.39. The number of nitrogens with zero attached hydrogens (tertiary/aromatic N) is 2. The maximum atomic E-state index is 5.73. The third kappa shape index (κ3) is 1.95. The number of hydrogen-bond donors (Lipinski definition) is 2. The van der Waals surface area contributed by atoms with Gasteiger partial charge in [0.15, 0.2) is 5.82 Å². The van der Waals surface area contributed by atoms with Crippen LogP contribution < -0.4 is 11.1 Å². The van der Waals surface area contributed by atoms with Crippen LogP contribution >= 0.6 is 0 Å². The molecule has 0 aliphatic rings. The van der Waals surface area contributed by atoms with Crippen LogP contribution in [0.3, 0.4) is 0 Å². The van der Waals surface area contributed by atoms with E-state index in [1.54, 1.807) is 6.07 Å². The van der Waals surface area contributed by atoms with Crippen LogP contribution in [0.1, 0.15) is 5.56 Å². The van der Waals surface area contributed by atoms with Crippen LogP contribution in [-0.2, 0) is 0 Å². The molecule has 0 aliphatic heterocycles. The van der Waals surface area contributed by atoms with Crippen molar-refractivity contribution < 1.29 is 0 Å². The van der Waals surface area contributed by atoms with Gasteiger partial charge in [0.05, 0.1) is 0 Å². The van der Waals surface area contributed by atoms with Crippen molar-refractivity contribution >= 4 is 11.6 Å². The van der Waals surface area contributed by atoms with Crippen molar-refractivity contribution in [1.29, 1.82) is 0 Å². The zero-order valence-corrected chi connectivity index (χ0v) is 9.36. The lowest BCUT2D eigenvalue weighted by molar-refractivity contribution is 1.17. The molecule has 0 fully saturated rings. The molecular weight excluding hydrogens is 200 g/mol. The molecule has 0 amide bonds. The van der Waals surface area contributed by atoms with Crippen LogP contribution in [0.15, 0.2) is 30.3 Å². The predicted octanol–water partition coefficient (Wildman–Crippen LogP) is 2.08. The molecule has 3 N–H and O–H groups in total. The normalized spacial score (nSPS) is 10.1. The summed E-state index contributed by atoms with van der Waals surface area (Å²) in [5.41, 5.74) is 7.87. The molecule has 0 saturated heterocycles. The maximum Gasteiger partial charge on any atom is 0.164 e. The molecule has 0 atom stereocenters. The first kappa shape index (κ1) is 10.4. The Kier molecular flexibility index (Phi) is 2.72. The van der Waals surface area contributed by atoms with Crippen molar-refractivity contribution in [3.05, 3.63) is 35.9 Å². The minimum Gasteiger partial charge on any atom is -0.384 e. The number of benzene rings is 1. The fraction of sp³-hybridized carbons (Fsp3) is 0.167. The number of aromatic nitrogens is 2. The fourth-order valence-electron chi connectivity index (χ4n) is 1.54. The summed E-state index contributed by atoms with van der Waals surface area (Å²) in [6, 6.07) is 9.68. The Labute approximate surface area is 94.5 Å². The van der Waals surface area contributed by atoms with E-state index in [0.717, 1.165) is 16.9 Å². The first-order chi connectivity index (χ1) is 7.70. The van der Waals surface area contributed by atoms with E-state index in [9.17, 15) is 0 Å². The zero-order valence-electron chi connectivity index (χ0n) is 9.36. The van der Waals surface area contributed by atoms with Gasteiger partial charge in [-0.2, -0.15) is 0 Å². The Balaban J connectivity index is 2.56. The molecule has 16 heavy (non-hydrogen) atoms. The number of anilines is 2. The van der Waals surface area contributed by atoms with Crippen molar-refractivity contribution in [3.63, 3.8) is 0 Å². The lowest BCUT2D eigenvalue weighted by atomic mass is 10.1. The van der Waals surface area contributed by atoms with Crippen LogP contribution in [0.2, 0.25) is 0 Å². The van der Waals surface area contributed by atoms with Gasteiger partial charge in [-0.25, -0.2) is 9.97 Å². The summed E-state index contributed by atoms with van der Waals surface area (Å²) in [6.45, 7) is 2.03. The first-order valence-electron chi connectivity index (χ1n) is 5.09. The molecule has 1 heterocycles. The molecule has 2 aromatic rings. The lowest BCUT2D eigenvalue weighted by Gasteiger charge is -2.07. The Hall–Kier alpha value is -2.10. The topological polar surface area (TPSA) is 63.8 Å². The van der Waals surface area contributed by atoms with Gasteiger partial charge in [0.1, 0.15) is 11.6 Å². The quantitative estimate of drug-likeness (QED) is 0.803. The van der Waals surface area contributed by atoms with E-state index in [2.05, 4.69) is 15.3 Å². The number of nitrogens with one attached hydrogen (secondary N) is 1. The second-order valence-corrected chi connectivity index (χ2v) is 3.57. The molecule has 4 heteroatoms. The van der Waals surface area contributed by atoms with E-state index in [1.807, 2.05) is 38.2 Å². The summed E-state index contributed by atoms with van der Waals surface area (Å²) < 4.78 is 0. The Morgan fingerprint density at radius 2 is 1.94 bits per heavy atom. The van der Waals surface area contributed by atoms with Crippen LogP contribution in [0.5, 0.6) is 0 Å². The minimum absolute atomic E-state index is 0.470. The molecule has 0 saturated carbocycles. The van der Waals surface area contributed by atoms with Gasteiger partial charge < -0.3 is 11.1 Å². The van der Waals surface area contributed by atoms with Gasteiger partial charge >= 0.3 is 0 Å². The van der Waals surface area contributed by atoms with Crippen molar-refractivity contribution in [2.45, 2.75) is 6.92 Å². The molecule has 82 valence electrons. The smallest absolute Gasteiger partial charge is 0.164 e. The predicted molar refractivity (Wildman–Crippen MR) is 66.2 cm³/mol. The summed E-state index contributed by atoms with van der Waals surface area (Å²) in [5, 5.41) is 2.97. The summed E-state index contributed by atoms with van der Waals surface area (Å²) in [4.78, 5) is 8.62. The summed E-state index contributed by atoms with van der Waals surface area (Å²) in [5.74, 6) is 1.85. The number of rotatable bonds is 2. The van der Waals surface area contributed by atoms with Crippen LogP contribution in [-0.4, -0.2) is 17.0 Å². The lowest BCUT2D eigenvalue weighted by Crippen LogP contribution is -2.01. The van der Waals surface area contributed by atoms with Gasteiger partial charge in [0.25, 0.3) is 0 Å². The van der Waals surface area contributed by atoms with E-state index in [4.69, 9.17) is 5.73 Å². The SMILES string of the molecule is CNc1cc(N)nc(-c2ccccc2C)n1. The van der Waals surface area contributed by atoms with Crippen molar-refractivity contribution in [2.24, 2.45) is 0 Å². The Morgan fingerprint density at radius 3 is 2.62 bits per heavy atom. The number of aryl methyl sites for hydroxylation is 1. The molecule has 1 aromatic heterocycles. The highest BCUT2D eigenvalue weighted by atomic mass is 15.0. The van der Waals surface area contributed by atoms with E-state index < -0.39 is 0 Å². The van der Waals surface area contributed by atoms with Gasteiger partial charge in [0, 0.05) is 18.7 Å². The summed E-state index contributed by atoms with van der Waals surface area (Å²) in [7, 11) is 1.81. The van der Waals surface area contributed by atoms with Gasteiger partial charge in [-0.05, 0) is 12.5 Å². The second-order valence-electron chi connectivity index (χ2n) is 3.57. The van der Waals surface area contributed by atoms with Crippen molar-refractivity contribution in [1.82, 2.24) is 9.97 Å². The second kappa shape index (κ2) is 4.18. The maximum absolute atomic E-state index is 5.73. The highest BCUT2D eigenvalue weighted by Crippen LogP contribution is 2.21. The average Bonchev–Trinajstić information content (AvgIpc) is 2.28. The molecule has 0 bridgehead atoms. The zero-order chi connectivity index (χ0) is 11.5. The van der Waals surface area contributed by atoms with Crippen molar-refractivity contribution in [2.75, 3.05) is 18.1 Å². The van der Waals surface area contributed by atoms with Crippen molar-refractivity contribution in [3.8, 4) is 11.4 Å². The summed E-state index contributed by atoms with van der Waals surface area (Å²) in [6.07, 6.45) is 0. The first-order valence-corrected chi connectivity index (χ1v) is 5.09. The molecular formula is C12H14N4. The number of nitrogens with two attached hydrogens (primary N) is 1. The minimum atomic E-state index is 0.470. The monoisotopic (exact) mass is 214 g/mol. The highest BCUT2D eigenvalue weighted by Gasteiger charge is 2.06. The molecule has 0 spiro atoms. The molecule has 0 radical (unpaired) electrons. The molecule has 0 unspecified atom stereocenters. The van der Waals surface area contributed by atoms with Crippen LogP contribution in [0.25, 0.3) is 11.4 Å². The number of nitrogen functional groups attached to an aromatic ring is 1. The van der Waals surface area contributed by atoms with Gasteiger partial charge in [-0.3, -0.25) is 0 Å². The Bertz CT molecular complexity index is 508. The van der Waals surface area contributed by atoms with E-state index in [0.29, 0.717) is 11.6 Å². The average molecular weight is 214 g/mol. The van der Waals surface area contributed by atoms with Crippen LogP contribution in [0.4, 0.5) is 11.6 Å². The highest BCUT2D eigenvalue weighted by molar-refractivity contribution is 5.63. The van der Waals surface area contributed by atoms with Gasteiger partial charge in [-0.1, -0.05) is 24.3 Å². The van der Waals surface area contributed by atoms with E-state index >= 15 is 0 Å². The van der Waals surface area contributed by atoms with E-state index in [1.165, 1.54) is 0 Å². The molecule has 4 nitrogen and oxygen atoms in total. The van der Waals surface area contributed by atoms with Crippen LogP contribution in [0, 0.1) is 6.92 Å². The van der Waals surface area contributed by atoms with Gasteiger partial charge in [-0.15, -0.1) is 0 Å². The van der Waals surface area contributed by atoms with E-state index in [-0.39, 0.29) is 0 Å². The van der Waals surface area contributed by atoms with Gasteiger partial charge in [0.2, 0.25) is 0 Å². The largest absolute Gasteiger partial charge is 0.384 e. The Morgan fingerprint density at radius 1 is 1.19 bits per heavy atom. The standard InChI is InChI=1S/C12H14N4/c1-8-5-3-4-6-9(8)12-15-10(13)7-11(14-2)16-12/h3-7H,1-2H3,(H3,13,14,15,16). The molecule has 2 rings (SSSR count). The molecule has 0 aliphatic carbocycles. The molecule has 1 aromatic carbocycles. The summed E-state index contributed by atoms with van der Waals surface area (Å²) >= 11 is 0. The third-order valence-electron chi connectivity index (χ3n) is 2.39. The number of hydrogen-bond acceptors (Lipinski definition) is 4.